The summed E-state index contributed by atoms with van der Waals surface area (Å²) in [6.07, 6.45) is 0.320. The zero-order chi connectivity index (χ0) is 10.4. The summed E-state index contributed by atoms with van der Waals surface area (Å²) in [6, 6.07) is 4.46. The van der Waals surface area contributed by atoms with Gasteiger partial charge < -0.3 is 10.5 Å². The number of benzene rings is 1. The van der Waals surface area contributed by atoms with Crippen LogP contribution in [0.3, 0.4) is 0 Å². The predicted molar refractivity (Wildman–Crippen MR) is 50.4 cm³/mol. The maximum atomic E-state index is 13.1. The van der Waals surface area contributed by atoms with Crippen molar-refractivity contribution in [3.8, 4) is 5.75 Å². The molecule has 0 radical (unpaired) electrons. The maximum Gasteiger partial charge on any atom is 0.131 e. The van der Waals surface area contributed by atoms with Gasteiger partial charge in [-0.25, -0.2) is 4.39 Å². The van der Waals surface area contributed by atoms with Crippen LogP contribution in [0.15, 0.2) is 18.2 Å². The van der Waals surface area contributed by atoms with Gasteiger partial charge in [0.25, 0.3) is 0 Å². The monoisotopic (exact) mass is 201 g/mol. The Bertz CT molecular complexity index is 291. The third kappa shape index (κ3) is 2.96. The average molecular weight is 201 g/mol. The number of rotatable bonds is 5. The summed E-state index contributed by atoms with van der Waals surface area (Å²) in [6.45, 7) is -0.00211. The molecule has 0 atom stereocenters. The van der Waals surface area contributed by atoms with Gasteiger partial charge in [-0.05, 0) is 6.07 Å². The highest BCUT2D eigenvalue weighted by molar-refractivity contribution is 5.28. The zero-order valence-corrected chi connectivity index (χ0v) is 7.80. The zero-order valence-electron chi connectivity index (χ0n) is 7.80. The summed E-state index contributed by atoms with van der Waals surface area (Å²) in [4.78, 5) is 0. The summed E-state index contributed by atoms with van der Waals surface area (Å²) in [5.41, 5.74) is 5.74. The van der Waals surface area contributed by atoms with E-state index in [1.165, 1.54) is 6.07 Å². The Morgan fingerprint density at radius 1 is 1.36 bits per heavy atom. The van der Waals surface area contributed by atoms with E-state index >= 15 is 0 Å². The lowest BCUT2D eigenvalue weighted by atomic mass is 10.2. The van der Waals surface area contributed by atoms with E-state index in [4.69, 9.17) is 10.5 Å². The molecule has 0 fully saturated rings. The van der Waals surface area contributed by atoms with Gasteiger partial charge in [-0.15, -0.1) is 0 Å². The van der Waals surface area contributed by atoms with Gasteiger partial charge in [-0.3, -0.25) is 4.39 Å². The quantitative estimate of drug-likeness (QED) is 0.740. The van der Waals surface area contributed by atoms with E-state index in [1.54, 1.807) is 12.1 Å². The van der Waals surface area contributed by atoms with E-state index in [-0.39, 0.29) is 19.0 Å². The van der Waals surface area contributed by atoms with E-state index in [2.05, 4.69) is 0 Å². The molecule has 0 spiro atoms. The normalized spacial score (nSPS) is 10.2. The molecule has 1 aromatic carbocycles. The SMILES string of the molecule is NCc1ccc(OCCCF)cc1F. The lowest BCUT2D eigenvalue weighted by Crippen LogP contribution is -2.02. The summed E-state index contributed by atoms with van der Waals surface area (Å²) < 4.78 is 30.0. The Labute approximate surface area is 81.7 Å². The highest BCUT2D eigenvalue weighted by atomic mass is 19.1. The van der Waals surface area contributed by atoms with Crippen LogP contribution in [0.2, 0.25) is 0 Å². The molecule has 2 nitrogen and oxygen atoms in total. The second-order valence-electron chi connectivity index (χ2n) is 2.85. The summed E-state index contributed by atoms with van der Waals surface area (Å²) in [5, 5.41) is 0. The van der Waals surface area contributed by atoms with Crippen molar-refractivity contribution in [2.45, 2.75) is 13.0 Å². The Morgan fingerprint density at radius 2 is 2.14 bits per heavy atom. The summed E-state index contributed by atoms with van der Waals surface area (Å²) in [5.74, 6) is 0.0263. The van der Waals surface area contributed by atoms with Crippen molar-refractivity contribution in [3.63, 3.8) is 0 Å². The summed E-state index contributed by atoms with van der Waals surface area (Å²) >= 11 is 0. The van der Waals surface area contributed by atoms with Crippen molar-refractivity contribution in [1.29, 1.82) is 0 Å². The molecule has 1 aromatic rings. The van der Waals surface area contributed by atoms with Gasteiger partial charge >= 0.3 is 0 Å². The Balaban J connectivity index is 2.57. The van der Waals surface area contributed by atoms with E-state index in [0.717, 1.165) is 0 Å². The number of hydrogen-bond donors (Lipinski definition) is 1. The van der Waals surface area contributed by atoms with E-state index < -0.39 is 6.67 Å². The van der Waals surface area contributed by atoms with Gasteiger partial charge in [0.15, 0.2) is 0 Å². The predicted octanol–water partition coefficient (Wildman–Crippen LogP) is 2.02. The van der Waals surface area contributed by atoms with E-state index in [1.807, 2.05) is 0 Å². The van der Waals surface area contributed by atoms with Crippen molar-refractivity contribution in [3.05, 3.63) is 29.6 Å². The number of halogens is 2. The van der Waals surface area contributed by atoms with Crippen molar-refractivity contribution in [2.24, 2.45) is 5.73 Å². The van der Waals surface area contributed by atoms with Gasteiger partial charge in [0.05, 0.1) is 13.3 Å². The van der Waals surface area contributed by atoms with Crippen molar-refractivity contribution < 1.29 is 13.5 Å². The van der Waals surface area contributed by atoms with Gasteiger partial charge in [0.2, 0.25) is 0 Å². The van der Waals surface area contributed by atoms with Crippen molar-refractivity contribution in [2.75, 3.05) is 13.3 Å². The molecule has 0 aliphatic rings. The van der Waals surface area contributed by atoms with Crippen LogP contribution in [0, 0.1) is 5.82 Å². The second-order valence-corrected chi connectivity index (χ2v) is 2.85. The third-order valence-corrected chi connectivity index (χ3v) is 1.79. The second kappa shape index (κ2) is 5.54. The molecule has 14 heavy (non-hydrogen) atoms. The summed E-state index contributed by atoms with van der Waals surface area (Å²) in [7, 11) is 0. The first kappa shape index (κ1) is 10.9. The highest BCUT2D eigenvalue weighted by Gasteiger charge is 2.02. The molecule has 0 aliphatic carbocycles. The van der Waals surface area contributed by atoms with Crippen LogP contribution in [0.4, 0.5) is 8.78 Å². The van der Waals surface area contributed by atoms with Crippen LogP contribution in [0.5, 0.6) is 5.75 Å². The number of alkyl halides is 1. The molecule has 0 saturated carbocycles. The van der Waals surface area contributed by atoms with Crippen LogP contribution < -0.4 is 10.5 Å². The number of hydrogen-bond acceptors (Lipinski definition) is 2. The molecule has 0 bridgehead atoms. The fourth-order valence-corrected chi connectivity index (χ4v) is 1.03. The Kier molecular flexibility index (Phi) is 4.32. The average Bonchev–Trinajstić information content (AvgIpc) is 2.18. The molecule has 0 aliphatic heterocycles. The Hall–Kier alpha value is -1.16. The first-order valence-corrected chi connectivity index (χ1v) is 4.45. The largest absolute Gasteiger partial charge is 0.493 e. The van der Waals surface area contributed by atoms with Crippen LogP contribution >= 0.6 is 0 Å². The molecule has 0 heterocycles. The van der Waals surface area contributed by atoms with Gasteiger partial charge in [0.1, 0.15) is 11.6 Å². The third-order valence-electron chi connectivity index (χ3n) is 1.79. The van der Waals surface area contributed by atoms with Crippen molar-refractivity contribution >= 4 is 0 Å². The highest BCUT2D eigenvalue weighted by Crippen LogP contribution is 2.16. The molecular weight excluding hydrogens is 188 g/mol. The topological polar surface area (TPSA) is 35.2 Å². The van der Waals surface area contributed by atoms with E-state index in [9.17, 15) is 8.78 Å². The molecule has 0 aromatic heterocycles. The first-order valence-electron chi connectivity index (χ1n) is 4.45. The fraction of sp³-hybridized carbons (Fsp3) is 0.400. The Morgan fingerprint density at radius 3 is 2.71 bits per heavy atom. The van der Waals surface area contributed by atoms with Crippen LogP contribution in [0.25, 0.3) is 0 Å². The van der Waals surface area contributed by atoms with E-state index in [0.29, 0.717) is 17.7 Å². The molecule has 0 amide bonds. The van der Waals surface area contributed by atoms with Gasteiger partial charge in [-0.1, -0.05) is 6.07 Å². The standard InChI is InChI=1S/C10H13F2NO/c11-4-1-5-14-9-3-2-8(7-13)10(12)6-9/h2-3,6H,1,4-5,7,13H2. The molecule has 1 rings (SSSR count). The molecule has 2 N–H and O–H groups in total. The molecule has 4 heteroatoms. The van der Waals surface area contributed by atoms with Crippen LogP contribution in [0.1, 0.15) is 12.0 Å². The minimum Gasteiger partial charge on any atom is -0.493 e. The van der Waals surface area contributed by atoms with Crippen LogP contribution in [-0.4, -0.2) is 13.3 Å². The number of ether oxygens (including phenoxy) is 1. The van der Waals surface area contributed by atoms with Gasteiger partial charge in [-0.2, -0.15) is 0 Å². The molecular formula is C10H13F2NO. The first-order chi connectivity index (χ1) is 6.77. The minimum absolute atomic E-state index is 0.163. The molecule has 78 valence electrons. The molecule has 0 saturated heterocycles. The minimum atomic E-state index is -0.427. The van der Waals surface area contributed by atoms with Crippen LogP contribution in [-0.2, 0) is 6.54 Å². The fourth-order valence-electron chi connectivity index (χ4n) is 1.03. The molecule has 0 unspecified atom stereocenters. The smallest absolute Gasteiger partial charge is 0.131 e. The maximum absolute atomic E-state index is 13.1. The number of nitrogens with two attached hydrogens (primary N) is 1. The lowest BCUT2D eigenvalue weighted by molar-refractivity contribution is 0.288. The lowest BCUT2D eigenvalue weighted by Gasteiger charge is -2.06. The van der Waals surface area contributed by atoms with Crippen molar-refractivity contribution in [1.82, 2.24) is 0 Å². The van der Waals surface area contributed by atoms with Gasteiger partial charge in [0, 0.05) is 24.6 Å².